The number of sulfonamides is 1. The maximum absolute atomic E-state index is 13.1. The highest BCUT2D eigenvalue weighted by Gasteiger charge is 2.22. The predicted octanol–water partition coefficient (Wildman–Crippen LogP) is 4.17. The van der Waals surface area contributed by atoms with Crippen LogP contribution < -0.4 is 10.5 Å². The molecule has 0 aliphatic heterocycles. The van der Waals surface area contributed by atoms with Crippen LogP contribution in [0.2, 0.25) is 15.1 Å². The van der Waals surface area contributed by atoms with Crippen molar-refractivity contribution in [2.45, 2.75) is 4.90 Å². The summed E-state index contributed by atoms with van der Waals surface area (Å²) in [5.41, 5.74) is 5.82. The lowest BCUT2D eigenvalue weighted by molar-refractivity contribution is 0.601. The number of nitrogens with one attached hydrogen (secondary N) is 1. The Kier molecular flexibility index (Phi) is 4.53. The number of hydrogen-bond donors (Lipinski definition) is 2. The third-order valence-electron chi connectivity index (χ3n) is 2.46. The highest BCUT2D eigenvalue weighted by molar-refractivity contribution is 7.93. The van der Waals surface area contributed by atoms with Gasteiger partial charge in [0.1, 0.15) is 10.7 Å². The first-order valence-electron chi connectivity index (χ1n) is 5.43. The van der Waals surface area contributed by atoms with Gasteiger partial charge < -0.3 is 5.73 Å². The summed E-state index contributed by atoms with van der Waals surface area (Å²) in [6, 6.07) is 5.91. The minimum atomic E-state index is -4.07. The molecule has 0 atom stereocenters. The molecule has 0 unspecified atom stereocenters. The van der Waals surface area contributed by atoms with E-state index in [4.69, 9.17) is 40.5 Å². The Balaban J connectivity index is 2.46. The van der Waals surface area contributed by atoms with E-state index < -0.39 is 15.8 Å². The normalized spacial score (nSPS) is 11.4. The van der Waals surface area contributed by atoms with Crippen LogP contribution in [-0.4, -0.2) is 8.42 Å². The van der Waals surface area contributed by atoms with Crippen molar-refractivity contribution in [3.63, 3.8) is 0 Å². The first-order valence-corrected chi connectivity index (χ1v) is 8.05. The molecule has 0 spiro atoms. The number of rotatable bonds is 3. The van der Waals surface area contributed by atoms with Gasteiger partial charge in [0.05, 0.1) is 20.8 Å². The van der Waals surface area contributed by atoms with E-state index >= 15 is 0 Å². The Labute approximate surface area is 135 Å². The first-order chi connectivity index (χ1) is 9.70. The molecule has 4 nitrogen and oxygen atoms in total. The highest BCUT2D eigenvalue weighted by atomic mass is 35.5. The molecule has 0 aliphatic rings. The van der Waals surface area contributed by atoms with Crippen molar-refractivity contribution in [3.05, 3.63) is 51.2 Å². The number of nitrogen functional groups attached to an aromatic ring is 1. The third-order valence-corrected chi connectivity index (χ3v) is 5.05. The van der Waals surface area contributed by atoms with Gasteiger partial charge in [-0.15, -0.1) is 0 Å². The van der Waals surface area contributed by atoms with Crippen LogP contribution in [0.4, 0.5) is 15.8 Å². The molecule has 2 aromatic rings. The molecule has 0 saturated carbocycles. The summed E-state index contributed by atoms with van der Waals surface area (Å²) in [6.07, 6.45) is 0. The second-order valence-electron chi connectivity index (χ2n) is 4.05. The summed E-state index contributed by atoms with van der Waals surface area (Å²) in [6.45, 7) is 0. The molecule has 2 aromatic carbocycles. The van der Waals surface area contributed by atoms with Gasteiger partial charge in [-0.05, 0) is 30.3 Å². The second-order valence-corrected chi connectivity index (χ2v) is 6.89. The number of hydrogen-bond acceptors (Lipinski definition) is 3. The summed E-state index contributed by atoms with van der Waals surface area (Å²) >= 11 is 17.3. The largest absolute Gasteiger partial charge is 0.399 e. The molecule has 0 saturated heterocycles. The molecule has 0 amide bonds. The molecule has 112 valence electrons. The zero-order valence-electron chi connectivity index (χ0n) is 10.2. The molecule has 3 N–H and O–H groups in total. The van der Waals surface area contributed by atoms with Crippen LogP contribution in [0.3, 0.4) is 0 Å². The highest BCUT2D eigenvalue weighted by Crippen LogP contribution is 2.33. The van der Waals surface area contributed by atoms with Gasteiger partial charge in [-0.1, -0.05) is 34.8 Å². The van der Waals surface area contributed by atoms with E-state index in [1.807, 2.05) is 0 Å². The lowest BCUT2D eigenvalue weighted by Crippen LogP contribution is -2.14. The number of anilines is 2. The molecular formula is C12H8Cl3FN2O2S. The average Bonchev–Trinajstić information content (AvgIpc) is 2.31. The molecule has 0 fully saturated rings. The fraction of sp³-hybridized carbons (Fsp3) is 0. The lowest BCUT2D eigenvalue weighted by atomic mass is 10.3. The van der Waals surface area contributed by atoms with Crippen molar-refractivity contribution in [1.29, 1.82) is 0 Å². The van der Waals surface area contributed by atoms with E-state index in [9.17, 15) is 12.8 Å². The summed E-state index contributed by atoms with van der Waals surface area (Å²) < 4.78 is 39.9. The summed E-state index contributed by atoms with van der Waals surface area (Å²) in [5, 5.41) is -0.467. The lowest BCUT2D eigenvalue weighted by Gasteiger charge is -2.12. The van der Waals surface area contributed by atoms with E-state index in [-0.39, 0.29) is 31.3 Å². The van der Waals surface area contributed by atoms with E-state index in [1.54, 1.807) is 0 Å². The summed E-state index contributed by atoms with van der Waals surface area (Å²) in [7, 11) is -4.07. The Morgan fingerprint density at radius 3 is 2.10 bits per heavy atom. The van der Waals surface area contributed by atoms with E-state index in [2.05, 4.69) is 4.72 Å². The van der Waals surface area contributed by atoms with Gasteiger partial charge >= 0.3 is 0 Å². The second kappa shape index (κ2) is 5.88. The van der Waals surface area contributed by atoms with Gasteiger partial charge in [0, 0.05) is 5.69 Å². The smallest absolute Gasteiger partial charge is 0.264 e. The molecular weight excluding hydrogens is 362 g/mol. The van der Waals surface area contributed by atoms with Crippen molar-refractivity contribution in [2.75, 3.05) is 10.5 Å². The van der Waals surface area contributed by atoms with Crippen LogP contribution in [0.25, 0.3) is 0 Å². The molecule has 0 aliphatic carbocycles. The van der Waals surface area contributed by atoms with Gasteiger partial charge in [0.2, 0.25) is 0 Å². The molecule has 0 radical (unpaired) electrons. The molecule has 9 heteroatoms. The zero-order chi connectivity index (χ0) is 15.8. The fourth-order valence-electron chi connectivity index (χ4n) is 1.60. The van der Waals surface area contributed by atoms with E-state index in [1.165, 1.54) is 18.2 Å². The Bertz CT molecular complexity index is 789. The average molecular weight is 370 g/mol. The van der Waals surface area contributed by atoms with E-state index in [0.717, 1.165) is 12.1 Å². The van der Waals surface area contributed by atoms with Crippen LogP contribution in [-0.2, 0) is 10.0 Å². The van der Waals surface area contributed by atoms with Crippen molar-refractivity contribution in [1.82, 2.24) is 0 Å². The van der Waals surface area contributed by atoms with Gasteiger partial charge in [0.15, 0.2) is 0 Å². The SMILES string of the molecule is Nc1cc(Cl)c(S(=O)(=O)Nc2ccc(F)c(Cl)c2)c(Cl)c1. The van der Waals surface area contributed by atoms with Crippen LogP contribution in [0.5, 0.6) is 0 Å². The Morgan fingerprint density at radius 1 is 1.00 bits per heavy atom. The van der Waals surface area contributed by atoms with Gasteiger partial charge in [0.25, 0.3) is 10.0 Å². The summed E-state index contributed by atoms with van der Waals surface area (Å²) in [5.74, 6) is -0.664. The number of benzene rings is 2. The van der Waals surface area contributed by atoms with Crippen LogP contribution in [0.15, 0.2) is 35.2 Å². The van der Waals surface area contributed by atoms with Crippen molar-refractivity contribution >= 4 is 56.2 Å². The van der Waals surface area contributed by atoms with Crippen molar-refractivity contribution in [3.8, 4) is 0 Å². The molecule has 0 aromatic heterocycles. The van der Waals surface area contributed by atoms with Crippen molar-refractivity contribution < 1.29 is 12.8 Å². The zero-order valence-corrected chi connectivity index (χ0v) is 13.3. The van der Waals surface area contributed by atoms with E-state index in [0.29, 0.717) is 0 Å². The Morgan fingerprint density at radius 2 is 1.57 bits per heavy atom. The molecule has 2 rings (SSSR count). The Hall–Kier alpha value is -1.21. The van der Waals surface area contributed by atoms with Crippen LogP contribution in [0, 0.1) is 5.82 Å². The number of nitrogens with two attached hydrogens (primary N) is 1. The quantitative estimate of drug-likeness (QED) is 0.798. The van der Waals surface area contributed by atoms with Gasteiger partial charge in [-0.3, -0.25) is 4.72 Å². The minimum absolute atomic E-state index is 0.0744. The molecule has 21 heavy (non-hydrogen) atoms. The summed E-state index contributed by atoms with van der Waals surface area (Å²) in [4.78, 5) is -0.319. The monoisotopic (exact) mass is 368 g/mol. The van der Waals surface area contributed by atoms with Crippen molar-refractivity contribution in [2.24, 2.45) is 0 Å². The topological polar surface area (TPSA) is 72.2 Å². The van der Waals surface area contributed by atoms with Crippen LogP contribution >= 0.6 is 34.8 Å². The fourth-order valence-corrected chi connectivity index (χ4v) is 4.07. The van der Waals surface area contributed by atoms with Crippen LogP contribution in [0.1, 0.15) is 0 Å². The first kappa shape index (κ1) is 16.2. The minimum Gasteiger partial charge on any atom is -0.399 e. The van der Waals surface area contributed by atoms with Gasteiger partial charge in [-0.25, -0.2) is 12.8 Å². The number of halogens is 4. The van der Waals surface area contributed by atoms with Gasteiger partial charge in [-0.2, -0.15) is 0 Å². The maximum Gasteiger partial charge on any atom is 0.264 e. The third kappa shape index (κ3) is 3.52. The molecule has 0 bridgehead atoms. The molecule has 0 heterocycles. The standard InChI is InChI=1S/C12H8Cl3FN2O2S/c13-8-5-7(1-2-11(8)16)18-21(19,20)12-9(14)3-6(17)4-10(12)15/h1-5,18H,17H2. The maximum atomic E-state index is 13.1. The predicted molar refractivity (Wildman–Crippen MR) is 83.1 cm³/mol.